The third-order valence-electron chi connectivity index (χ3n) is 6.50. The summed E-state index contributed by atoms with van der Waals surface area (Å²) in [6.45, 7) is -0.424. The summed E-state index contributed by atoms with van der Waals surface area (Å²) < 4.78 is 41.5. The monoisotopic (exact) mass is 482 g/mol. The average Bonchev–Trinajstić information content (AvgIpc) is 3.42. The van der Waals surface area contributed by atoms with Crippen LogP contribution in [0.25, 0.3) is 0 Å². The number of rotatable bonds is 7. The van der Waals surface area contributed by atoms with E-state index in [1.54, 1.807) is 12.3 Å². The topological polar surface area (TPSA) is 122 Å². The summed E-state index contributed by atoms with van der Waals surface area (Å²) in [5, 5.41) is 8.74. The minimum Gasteiger partial charge on any atom is -0.380 e. The zero-order chi connectivity index (χ0) is 24.7. The summed E-state index contributed by atoms with van der Waals surface area (Å²) in [7, 11) is 0. The average molecular weight is 482 g/mol. The number of piperidine rings is 1. The van der Waals surface area contributed by atoms with Crippen LogP contribution >= 0.6 is 0 Å². The first-order valence-corrected chi connectivity index (χ1v) is 11.0. The maximum atomic E-state index is 14.0. The van der Waals surface area contributed by atoms with Crippen LogP contribution in [0.1, 0.15) is 40.2 Å². The first-order chi connectivity index (χ1) is 16.8. The number of anilines is 3. The van der Waals surface area contributed by atoms with Gasteiger partial charge in [-0.15, -0.1) is 0 Å². The van der Waals surface area contributed by atoms with Crippen molar-refractivity contribution in [2.75, 3.05) is 10.6 Å². The Balaban J connectivity index is 1.32. The summed E-state index contributed by atoms with van der Waals surface area (Å²) in [5.74, 6) is -3.03. The molecule has 1 saturated carbocycles. The first-order valence-electron chi connectivity index (χ1n) is 11.0. The van der Waals surface area contributed by atoms with Gasteiger partial charge in [-0.2, -0.15) is 0 Å². The van der Waals surface area contributed by atoms with Crippen molar-refractivity contribution < 1.29 is 22.8 Å². The predicted octanol–water partition coefficient (Wildman–Crippen LogP) is 3.34. The van der Waals surface area contributed by atoms with E-state index in [9.17, 15) is 22.8 Å². The quantitative estimate of drug-likeness (QED) is 0.383. The predicted molar refractivity (Wildman–Crippen MR) is 121 cm³/mol. The minimum atomic E-state index is -1.31. The molecular formula is C24H21F3N6O2. The zero-order valence-electron chi connectivity index (χ0n) is 18.3. The SMILES string of the molecule is NC(=O)c1cnc(Nc2ccc(C3C[C@H]4C[C@H]3NC4=O)cn2)cc1NCc1c(F)ccc(F)c1F. The fourth-order valence-corrected chi connectivity index (χ4v) is 4.69. The Morgan fingerprint density at radius 2 is 1.83 bits per heavy atom. The van der Waals surface area contributed by atoms with E-state index in [1.165, 1.54) is 12.3 Å². The van der Waals surface area contributed by atoms with Gasteiger partial charge in [-0.05, 0) is 36.6 Å². The second-order valence-corrected chi connectivity index (χ2v) is 8.65. The summed E-state index contributed by atoms with van der Waals surface area (Å²) in [5.41, 5.74) is 6.07. The van der Waals surface area contributed by atoms with E-state index in [-0.39, 0.29) is 35.0 Å². The van der Waals surface area contributed by atoms with E-state index < -0.39 is 35.5 Å². The largest absolute Gasteiger partial charge is 0.380 e. The maximum Gasteiger partial charge on any atom is 0.252 e. The standard InChI is InChI=1S/C24H21F3N6O2/c25-16-2-3-17(26)22(27)14(16)9-29-18-7-21(31-10-15(18)23(28)34)33-20-4-1-11(8-30-20)13-5-12-6-19(13)32-24(12)35/h1-4,7-8,10,12-13,19H,5-6,9H2,(H2,28,34)(H,32,35)(H2,29,30,31,33)/t12-,13?,19+/m0/s1. The lowest BCUT2D eigenvalue weighted by Gasteiger charge is -2.22. The lowest BCUT2D eigenvalue weighted by atomic mass is 9.92. The highest BCUT2D eigenvalue weighted by Gasteiger charge is 2.45. The fourth-order valence-electron chi connectivity index (χ4n) is 4.69. The Labute approximate surface area is 198 Å². The van der Waals surface area contributed by atoms with Crippen molar-refractivity contribution >= 4 is 29.1 Å². The van der Waals surface area contributed by atoms with Gasteiger partial charge in [-0.1, -0.05) is 6.07 Å². The van der Waals surface area contributed by atoms with Gasteiger partial charge < -0.3 is 21.7 Å². The van der Waals surface area contributed by atoms with Gasteiger partial charge in [-0.25, -0.2) is 23.1 Å². The van der Waals surface area contributed by atoms with Gasteiger partial charge in [0.25, 0.3) is 5.91 Å². The number of carbonyl (C=O) groups excluding carboxylic acids is 2. The molecule has 0 spiro atoms. The molecule has 1 aromatic carbocycles. The van der Waals surface area contributed by atoms with E-state index >= 15 is 0 Å². The number of nitrogens with zero attached hydrogens (tertiary/aromatic N) is 2. The number of primary amides is 1. The number of hydrogen-bond acceptors (Lipinski definition) is 6. The molecule has 2 aliphatic rings. The number of benzene rings is 1. The second kappa shape index (κ2) is 8.90. The molecule has 2 amide bonds. The Morgan fingerprint density at radius 1 is 1.06 bits per heavy atom. The molecule has 1 aliphatic heterocycles. The van der Waals surface area contributed by atoms with Crippen molar-refractivity contribution in [1.29, 1.82) is 0 Å². The van der Waals surface area contributed by atoms with Crippen LogP contribution in [0, 0.1) is 23.4 Å². The van der Waals surface area contributed by atoms with Crippen LogP contribution in [0.4, 0.5) is 30.5 Å². The van der Waals surface area contributed by atoms with Crippen LogP contribution in [-0.4, -0.2) is 27.8 Å². The van der Waals surface area contributed by atoms with Crippen molar-refractivity contribution in [3.8, 4) is 0 Å². The van der Waals surface area contributed by atoms with E-state index in [0.29, 0.717) is 17.7 Å². The van der Waals surface area contributed by atoms with Gasteiger partial charge in [0, 0.05) is 48.4 Å². The fraction of sp³-hybridized carbons (Fsp3) is 0.250. The molecule has 5 N–H and O–H groups in total. The van der Waals surface area contributed by atoms with Crippen molar-refractivity contribution in [2.45, 2.75) is 31.3 Å². The van der Waals surface area contributed by atoms with E-state index in [1.807, 2.05) is 6.07 Å². The minimum absolute atomic E-state index is 0.00518. The van der Waals surface area contributed by atoms with Crippen molar-refractivity contribution in [1.82, 2.24) is 15.3 Å². The molecule has 0 radical (unpaired) electrons. The summed E-state index contributed by atoms with van der Waals surface area (Å²) in [6, 6.07) is 6.80. The van der Waals surface area contributed by atoms with Gasteiger partial charge >= 0.3 is 0 Å². The van der Waals surface area contributed by atoms with E-state index in [4.69, 9.17) is 5.73 Å². The number of fused-ring (bicyclic) bond motifs is 2. The van der Waals surface area contributed by atoms with Gasteiger partial charge in [0.2, 0.25) is 5.91 Å². The third kappa shape index (κ3) is 4.36. The smallest absolute Gasteiger partial charge is 0.252 e. The van der Waals surface area contributed by atoms with Gasteiger partial charge in [0.05, 0.1) is 11.3 Å². The summed E-state index contributed by atoms with van der Waals surface area (Å²) in [4.78, 5) is 32.1. The molecule has 3 aromatic rings. The Hall–Kier alpha value is -4.15. The third-order valence-corrected chi connectivity index (χ3v) is 6.50. The number of nitrogens with two attached hydrogens (primary N) is 1. The number of hydrogen-bond donors (Lipinski definition) is 4. The van der Waals surface area contributed by atoms with E-state index in [2.05, 4.69) is 25.9 Å². The molecule has 11 heteroatoms. The molecule has 3 atom stereocenters. The molecular weight excluding hydrogens is 461 g/mol. The van der Waals surface area contributed by atoms with Crippen LogP contribution < -0.4 is 21.7 Å². The maximum absolute atomic E-state index is 14.0. The van der Waals surface area contributed by atoms with Crippen LogP contribution in [0.5, 0.6) is 0 Å². The molecule has 2 bridgehead atoms. The Morgan fingerprint density at radius 3 is 2.49 bits per heavy atom. The number of aromatic nitrogens is 2. The number of halogens is 3. The highest BCUT2D eigenvalue weighted by Crippen LogP contribution is 2.42. The molecule has 1 aliphatic carbocycles. The lowest BCUT2D eigenvalue weighted by Crippen LogP contribution is -2.35. The molecule has 1 saturated heterocycles. The van der Waals surface area contributed by atoms with Crippen molar-refractivity contribution in [2.24, 2.45) is 11.7 Å². The van der Waals surface area contributed by atoms with Crippen molar-refractivity contribution in [3.63, 3.8) is 0 Å². The molecule has 8 nitrogen and oxygen atoms in total. The van der Waals surface area contributed by atoms with Gasteiger partial charge in [-0.3, -0.25) is 9.59 Å². The molecule has 2 aromatic heterocycles. The molecule has 180 valence electrons. The second-order valence-electron chi connectivity index (χ2n) is 8.65. The molecule has 5 rings (SSSR count). The normalized spacial score (nSPS) is 20.5. The van der Waals surface area contributed by atoms with Gasteiger partial charge in [0.1, 0.15) is 17.5 Å². The number of amides is 2. The van der Waals surface area contributed by atoms with Crippen molar-refractivity contribution in [3.05, 3.63) is 76.9 Å². The highest BCUT2D eigenvalue weighted by molar-refractivity contribution is 5.98. The first kappa shape index (κ1) is 22.6. The van der Waals surface area contributed by atoms with E-state index in [0.717, 1.165) is 24.5 Å². The summed E-state index contributed by atoms with van der Waals surface area (Å²) in [6.07, 6.45) is 4.62. The van der Waals surface area contributed by atoms with Gasteiger partial charge in [0.15, 0.2) is 11.6 Å². The Bertz CT molecular complexity index is 1320. The zero-order valence-corrected chi connectivity index (χ0v) is 18.3. The van der Waals surface area contributed by atoms with Crippen LogP contribution in [0.15, 0.2) is 42.7 Å². The number of carbonyl (C=O) groups is 2. The summed E-state index contributed by atoms with van der Waals surface area (Å²) >= 11 is 0. The molecule has 35 heavy (non-hydrogen) atoms. The van der Waals surface area contributed by atoms with Crippen LogP contribution in [0.3, 0.4) is 0 Å². The molecule has 2 fully saturated rings. The lowest BCUT2D eigenvalue weighted by molar-refractivity contribution is -0.123. The number of nitrogens with one attached hydrogen (secondary N) is 3. The Kier molecular flexibility index (Phi) is 5.75. The van der Waals surface area contributed by atoms with Crippen LogP contribution in [0.2, 0.25) is 0 Å². The highest BCUT2D eigenvalue weighted by atomic mass is 19.2. The molecule has 1 unspecified atom stereocenters. The molecule has 3 heterocycles. The number of pyridine rings is 2. The van der Waals surface area contributed by atoms with Crippen LogP contribution in [-0.2, 0) is 11.3 Å².